The van der Waals surface area contributed by atoms with E-state index in [0.29, 0.717) is 11.0 Å². The Morgan fingerprint density at radius 1 is 1.29 bits per heavy atom. The van der Waals surface area contributed by atoms with Crippen LogP contribution >= 0.6 is 38.9 Å². The minimum atomic E-state index is -0.252. The summed E-state index contributed by atoms with van der Waals surface area (Å²) in [4.78, 5) is 1.08. The van der Waals surface area contributed by atoms with Crippen molar-refractivity contribution in [2.75, 3.05) is 5.32 Å². The fourth-order valence-corrected chi connectivity index (χ4v) is 3.97. The van der Waals surface area contributed by atoms with Crippen molar-refractivity contribution in [1.29, 1.82) is 0 Å². The third kappa shape index (κ3) is 2.93. The molecule has 0 saturated carbocycles. The van der Waals surface area contributed by atoms with E-state index in [-0.39, 0.29) is 5.82 Å². The van der Waals surface area contributed by atoms with Gasteiger partial charge in [-0.25, -0.2) is 4.39 Å². The highest BCUT2D eigenvalue weighted by molar-refractivity contribution is 9.10. The maximum atomic E-state index is 13.4. The Labute approximate surface area is 139 Å². The molecule has 0 bridgehead atoms. The fraction of sp³-hybridized carbons (Fsp3) is 0.125. The molecule has 0 aliphatic heterocycles. The predicted molar refractivity (Wildman–Crippen MR) is 93.0 cm³/mol. The molecular weight excluding hydrogens is 373 g/mol. The zero-order chi connectivity index (χ0) is 15.0. The number of anilines is 1. The van der Waals surface area contributed by atoms with Gasteiger partial charge in [0.2, 0.25) is 0 Å². The monoisotopic (exact) mass is 383 g/mol. The zero-order valence-corrected chi connectivity index (χ0v) is 14.4. The molecule has 0 atom stereocenters. The molecule has 0 amide bonds. The smallest absolute Gasteiger partial charge is 0.137 e. The van der Waals surface area contributed by atoms with Crippen LogP contribution in [0, 0.1) is 12.7 Å². The normalized spacial score (nSPS) is 11.0. The van der Waals surface area contributed by atoms with E-state index in [4.69, 9.17) is 11.6 Å². The van der Waals surface area contributed by atoms with Gasteiger partial charge in [0.05, 0.1) is 16.0 Å². The Bertz CT molecular complexity index is 815. The van der Waals surface area contributed by atoms with E-state index in [1.54, 1.807) is 17.4 Å². The Morgan fingerprint density at radius 3 is 2.81 bits per heavy atom. The third-order valence-corrected chi connectivity index (χ3v) is 5.63. The molecule has 1 N–H and O–H groups in total. The highest BCUT2D eigenvalue weighted by atomic mass is 79.9. The van der Waals surface area contributed by atoms with Crippen molar-refractivity contribution in [3.05, 3.63) is 62.2 Å². The summed E-state index contributed by atoms with van der Waals surface area (Å²) in [5, 5.41) is 5.20. The van der Waals surface area contributed by atoms with Crippen molar-refractivity contribution in [1.82, 2.24) is 0 Å². The second kappa shape index (κ2) is 5.95. The number of benzene rings is 2. The molecule has 1 heterocycles. The maximum Gasteiger partial charge on any atom is 0.137 e. The summed E-state index contributed by atoms with van der Waals surface area (Å²) in [6.45, 7) is 2.50. The van der Waals surface area contributed by atoms with Gasteiger partial charge in [-0.2, -0.15) is 0 Å². The van der Waals surface area contributed by atoms with Crippen LogP contribution in [0.4, 0.5) is 10.1 Å². The van der Waals surface area contributed by atoms with Gasteiger partial charge in [0, 0.05) is 20.7 Å². The molecule has 1 nitrogen and oxygen atoms in total. The molecule has 0 fully saturated rings. The van der Waals surface area contributed by atoms with Crippen LogP contribution in [0.3, 0.4) is 0 Å². The van der Waals surface area contributed by atoms with Gasteiger partial charge in [0.1, 0.15) is 5.82 Å². The van der Waals surface area contributed by atoms with Gasteiger partial charge in [0.15, 0.2) is 0 Å². The number of aryl methyl sites for hydroxylation is 1. The molecule has 21 heavy (non-hydrogen) atoms. The second-order valence-electron chi connectivity index (χ2n) is 4.77. The minimum Gasteiger partial charge on any atom is -0.380 e. The van der Waals surface area contributed by atoms with E-state index in [1.807, 2.05) is 25.1 Å². The van der Waals surface area contributed by atoms with Crippen LogP contribution in [0.2, 0.25) is 5.02 Å². The molecule has 2 aromatic carbocycles. The third-order valence-electron chi connectivity index (χ3n) is 3.31. The summed E-state index contributed by atoms with van der Waals surface area (Å²) in [5.74, 6) is -0.252. The van der Waals surface area contributed by atoms with E-state index in [2.05, 4.69) is 27.3 Å². The van der Waals surface area contributed by atoms with Crippen molar-refractivity contribution < 1.29 is 4.39 Å². The average molecular weight is 385 g/mol. The first-order chi connectivity index (χ1) is 10.1. The van der Waals surface area contributed by atoms with Crippen LogP contribution in [0.1, 0.15) is 10.4 Å². The molecule has 0 spiro atoms. The predicted octanol–water partition coefficient (Wildman–Crippen LogP) is 6.38. The molecule has 0 aliphatic carbocycles. The average Bonchev–Trinajstić information content (AvgIpc) is 2.79. The number of hydrogen-bond acceptors (Lipinski definition) is 2. The first-order valence-corrected chi connectivity index (χ1v) is 8.40. The molecule has 0 saturated heterocycles. The quantitative estimate of drug-likeness (QED) is 0.552. The van der Waals surface area contributed by atoms with Crippen LogP contribution in [0.25, 0.3) is 10.1 Å². The van der Waals surface area contributed by atoms with Crippen molar-refractivity contribution in [2.24, 2.45) is 0 Å². The van der Waals surface area contributed by atoms with Crippen molar-refractivity contribution in [2.45, 2.75) is 13.5 Å². The molecule has 3 aromatic rings. The van der Waals surface area contributed by atoms with E-state index in [9.17, 15) is 4.39 Å². The molecule has 0 radical (unpaired) electrons. The van der Waals surface area contributed by atoms with Gasteiger partial charge in [0.25, 0.3) is 0 Å². The number of thiophene rings is 1. The number of nitrogens with one attached hydrogen (secondary N) is 1. The lowest BCUT2D eigenvalue weighted by Gasteiger charge is -2.10. The van der Waals surface area contributed by atoms with Crippen LogP contribution in [-0.2, 0) is 6.54 Å². The summed E-state index contributed by atoms with van der Waals surface area (Å²) in [6, 6.07) is 11.4. The van der Waals surface area contributed by atoms with E-state index < -0.39 is 0 Å². The van der Waals surface area contributed by atoms with Crippen molar-refractivity contribution in [3.8, 4) is 0 Å². The zero-order valence-electron chi connectivity index (χ0n) is 11.2. The molecular formula is C16H12BrClFNS. The Balaban J connectivity index is 1.87. The highest BCUT2D eigenvalue weighted by Gasteiger charge is 2.11. The molecule has 108 valence electrons. The Hall–Kier alpha value is -1.10. The van der Waals surface area contributed by atoms with Crippen LogP contribution in [0.5, 0.6) is 0 Å². The van der Waals surface area contributed by atoms with Crippen LogP contribution in [0.15, 0.2) is 40.9 Å². The molecule has 0 unspecified atom stereocenters. The second-order valence-corrected chi connectivity index (χ2v) is 7.14. The summed E-state index contributed by atoms with van der Waals surface area (Å²) in [6.07, 6.45) is 0. The Morgan fingerprint density at radius 2 is 2.05 bits per heavy atom. The molecule has 5 heteroatoms. The van der Waals surface area contributed by atoms with E-state index in [1.165, 1.54) is 10.8 Å². The first-order valence-electron chi connectivity index (χ1n) is 6.41. The lowest BCUT2D eigenvalue weighted by atomic mass is 10.2. The number of fused-ring (bicyclic) bond motifs is 1. The molecule has 3 rings (SSSR count). The lowest BCUT2D eigenvalue weighted by molar-refractivity contribution is 0.620. The Kier molecular flexibility index (Phi) is 4.20. The van der Waals surface area contributed by atoms with Crippen LogP contribution < -0.4 is 5.32 Å². The van der Waals surface area contributed by atoms with Gasteiger partial charge in [-0.05, 0) is 46.6 Å². The topological polar surface area (TPSA) is 12.0 Å². The van der Waals surface area contributed by atoms with Gasteiger partial charge >= 0.3 is 0 Å². The molecule has 1 aromatic heterocycles. The summed E-state index contributed by atoms with van der Waals surface area (Å²) in [5.41, 5.74) is 1.77. The molecule has 0 aliphatic rings. The highest BCUT2D eigenvalue weighted by Crippen LogP contribution is 2.36. The fourth-order valence-electron chi connectivity index (χ4n) is 2.19. The number of rotatable bonds is 3. The number of halogens is 3. The van der Waals surface area contributed by atoms with Crippen LogP contribution in [-0.4, -0.2) is 0 Å². The first kappa shape index (κ1) is 14.8. The largest absolute Gasteiger partial charge is 0.380 e. The van der Waals surface area contributed by atoms with Gasteiger partial charge < -0.3 is 5.32 Å². The summed E-state index contributed by atoms with van der Waals surface area (Å²) < 4.78 is 15.1. The van der Waals surface area contributed by atoms with Gasteiger partial charge in [-0.15, -0.1) is 11.3 Å². The van der Waals surface area contributed by atoms with Gasteiger partial charge in [-0.3, -0.25) is 0 Å². The summed E-state index contributed by atoms with van der Waals surface area (Å²) in [7, 11) is 0. The number of hydrogen-bond donors (Lipinski definition) is 1. The van der Waals surface area contributed by atoms with Gasteiger partial charge in [-0.1, -0.05) is 29.8 Å². The van der Waals surface area contributed by atoms with E-state index in [0.717, 1.165) is 26.5 Å². The minimum absolute atomic E-state index is 0.252. The maximum absolute atomic E-state index is 13.4. The van der Waals surface area contributed by atoms with Crippen molar-refractivity contribution >= 4 is 54.6 Å². The van der Waals surface area contributed by atoms with E-state index >= 15 is 0 Å². The standard InChI is InChI=1S/C16H12BrClFNS/c1-9-6-12(19)11(17)7-13(9)20-8-15-16(18)10-4-2-3-5-14(10)21-15/h2-7,20H,8H2,1H3. The lowest BCUT2D eigenvalue weighted by Crippen LogP contribution is -2.00. The van der Waals surface area contributed by atoms with Crippen molar-refractivity contribution in [3.63, 3.8) is 0 Å². The summed E-state index contributed by atoms with van der Waals surface area (Å²) >= 11 is 11.3. The SMILES string of the molecule is Cc1cc(F)c(Br)cc1NCc1sc2ccccc2c1Cl.